The van der Waals surface area contributed by atoms with Crippen LogP contribution in [-0.4, -0.2) is 17.7 Å². The molecule has 0 unspecified atom stereocenters. The smallest absolute Gasteiger partial charge is 0.341 e. The predicted molar refractivity (Wildman–Crippen MR) is 67.5 cm³/mol. The zero-order valence-electron chi connectivity index (χ0n) is 10.5. The lowest BCUT2D eigenvalue weighted by Crippen LogP contribution is -2.09. The minimum Gasteiger partial charge on any atom is -0.482 e. The molecule has 0 aromatic heterocycles. The van der Waals surface area contributed by atoms with Gasteiger partial charge >= 0.3 is 5.97 Å². The fourth-order valence-corrected chi connectivity index (χ4v) is 1.94. The number of rotatable bonds is 7. The van der Waals surface area contributed by atoms with Crippen molar-refractivity contribution in [2.24, 2.45) is 0 Å². The first-order chi connectivity index (χ1) is 8.17. The van der Waals surface area contributed by atoms with E-state index in [1.54, 1.807) is 0 Å². The topological polar surface area (TPSA) is 46.5 Å². The molecule has 1 aromatic rings. The van der Waals surface area contributed by atoms with Gasteiger partial charge in [0.05, 0.1) is 0 Å². The number of carboxylic acid groups (broad SMARTS) is 1. The molecule has 1 aromatic carbocycles. The van der Waals surface area contributed by atoms with Crippen LogP contribution in [0.5, 0.6) is 5.75 Å². The van der Waals surface area contributed by atoms with Crippen LogP contribution in [0.25, 0.3) is 0 Å². The highest BCUT2D eigenvalue weighted by molar-refractivity contribution is 5.68. The molecule has 0 heterocycles. The summed E-state index contributed by atoms with van der Waals surface area (Å²) in [6.45, 7) is 4.09. The standard InChI is InChI=1S/C14H20O3/c1-3-5-11(4-2)12-6-8-13(9-7-12)17-10-14(15)16/h6-9,11H,3-5,10H2,1-2H3,(H,15,16)/t11-/m1/s1. The lowest BCUT2D eigenvalue weighted by atomic mass is 9.92. The average molecular weight is 236 g/mol. The summed E-state index contributed by atoms with van der Waals surface area (Å²) < 4.78 is 5.10. The summed E-state index contributed by atoms with van der Waals surface area (Å²) >= 11 is 0. The summed E-state index contributed by atoms with van der Waals surface area (Å²) in [4.78, 5) is 10.4. The van der Waals surface area contributed by atoms with Crippen LogP contribution in [0, 0.1) is 0 Å². The third-order valence-electron chi connectivity index (χ3n) is 2.84. The van der Waals surface area contributed by atoms with Gasteiger partial charge in [-0.3, -0.25) is 0 Å². The van der Waals surface area contributed by atoms with Crippen molar-refractivity contribution < 1.29 is 14.6 Å². The van der Waals surface area contributed by atoms with Crippen molar-refractivity contribution in [3.05, 3.63) is 29.8 Å². The summed E-state index contributed by atoms with van der Waals surface area (Å²) in [5.74, 6) is 0.252. The monoisotopic (exact) mass is 236 g/mol. The van der Waals surface area contributed by atoms with Gasteiger partial charge in [-0.15, -0.1) is 0 Å². The van der Waals surface area contributed by atoms with Crippen molar-refractivity contribution in [2.75, 3.05) is 6.61 Å². The minimum atomic E-state index is -0.952. The third-order valence-corrected chi connectivity index (χ3v) is 2.84. The molecule has 1 N–H and O–H groups in total. The van der Waals surface area contributed by atoms with Crippen molar-refractivity contribution in [3.8, 4) is 5.75 Å². The molecule has 0 saturated heterocycles. The van der Waals surface area contributed by atoms with Gasteiger partial charge in [-0.2, -0.15) is 0 Å². The molecule has 3 heteroatoms. The second-order valence-electron chi connectivity index (χ2n) is 4.15. The van der Waals surface area contributed by atoms with Crippen LogP contribution in [0.3, 0.4) is 0 Å². The molecule has 0 aliphatic carbocycles. The van der Waals surface area contributed by atoms with Gasteiger partial charge in [-0.25, -0.2) is 4.79 Å². The molecule has 0 fully saturated rings. The third kappa shape index (κ3) is 4.47. The fraction of sp³-hybridized carbons (Fsp3) is 0.500. The predicted octanol–water partition coefficient (Wildman–Crippen LogP) is 3.44. The second kappa shape index (κ2) is 6.94. The molecule has 17 heavy (non-hydrogen) atoms. The molecule has 94 valence electrons. The highest BCUT2D eigenvalue weighted by atomic mass is 16.5. The van der Waals surface area contributed by atoms with E-state index in [9.17, 15) is 4.79 Å². The fourth-order valence-electron chi connectivity index (χ4n) is 1.94. The van der Waals surface area contributed by atoms with E-state index in [4.69, 9.17) is 9.84 Å². The van der Waals surface area contributed by atoms with Gasteiger partial charge in [0.2, 0.25) is 0 Å². The first-order valence-electron chi connectivity index (χ1n) is 6.11. The van der Waals surface area contributed by atoms with Gasteiger partial charge < -0.3 is 9.84 Å². The molecule has 0 bridgehead atoms. The maximum absolute atomic E-state index is 10.4. The van der Waals surface area contributed by atoms with Crippen LogP contribution in [0.15, 0.2) is 24.3 Å². The summed E-state index contributed by atoms with van der Waals surface area (Å²) in [5, 5.41) is 8.50. The van der Waals surface area contributed by atoms with E-state index >= 15 is 0 Å². The minimum absolute atomic E-state index is 0.286. The number of aliphatic carboxylic acids is 1. The molecule has 0 spiro atoms. The van der Waals surface area contributed by atoms with Crippen molar-refractivity contribution in [2.45, 2.75) is 39.0 Å². The highest BCUT2D eigenvalue weighted by Gasteiger charge is 2.08. The van der Waals surface area contributed by atoms with Crippen LogP contribution in [0.1, 0.15) is 44.6 Å². The van der Waals surface area contributed by atoms with Crippen LogP contribution < -0.4 is 4.74 Å². The van der Waals surface area contributed by atoms with E-state index < -0.39 is 5.97 Å². The number of hydrogen-bond donors (Lipinski definition) is 1. The molecular formula is C14H20O3. The quantitative estimate of drug-likeness (QED) is 0.788. The van der Waals surface area contributed by atoms with Gasteiger partial charge in [0.1, 0.15) is 5.75 Å². The van der Waals surface area contributed by atoms with Gasteiger partial charge in [-0.05, 0) is 36.5 Å². The Morgan fingerprint density at radius 3 is 2.41 bits per heavy atom. The number of benzene rings is 1. The molecule has 0 amide bonds. The number of carboxylic acids is 1. The highest BCUT2D eigenvalue weighted by Crippen LogP contribution is 2.26. The summed E-state index contributed by atoms with van der Waals surface area (Å²) in [5.41, 5.74) is 1.30. The van der Waals surface area contributed by atoms with Gasteiger partial charge in [-0.1, -0.05) is 32.4 Å². The zero-order valence-corrected chi connectivity index (χ0v) is 10.5. The van der Waals surface area contributed by atoms with Gasteiger partial charge in [0.15, 0.2) is 6.61 Å². The zero-order chi connectivity index (χ0) is 12.7. The summed E-state index contributed by atoms with van der Waals surface area (Å²) in [6, 6.07) is 7.75. The van der Waals surface area contributed by atoms with Gasteiger partial charge in [0.25, 0.3) is 0 Å². The van der Waals surface area contributed by atoms with Crippen LogP contribution in [-0.2, 0) is 4.79 Å². The second-order valence-corrected chi connectivity index (χ2v) is 4.15. The van der Waals surface area contributed by atoms with Crippen LogP contribution in [0.2, 0.25) is 0 Å². The van der Waals surface area contributed by atoms with Crippen molar-refractivity contribution in [1.29, 1.82) is 0 Å². The Morgan fingerprint density at radius 2 is 1.94 bits per heavy atom. The van der Waals surface area contributed by atoms with Crippen LogP contribution >= 0.6 is 0 Å². The lowest BCUT2D eigenvalue weighted by Gasteiger charge is -2.14. The SMILES string of the molecule is CCC[C@@H](CC)c1ccc(OCC(=O)O)cc1. The van der Waals surface area contributed by atoms with Crippen molar-refractivity contribution >= 4 is 5.97 Å². The first kappa shape index (κ1) is 13.6. The number of ether oxygens (including phenoxy) is 1. The lowest BCUT2D eigenvalue weighted by molar-refractivity contribution is -0.139. The molecule has 0 aliphatic heterocycles. The van der Waals surface area contributed by atoms with E-state index in [1.807, 2.05) is 24.3 Å². The Kier molecular flexibility index (Phi) is 5.53. The summed E-state index contributed by atoms with van der Waals surface area (Å²) in [7, 11) is 0. The van der Waals surface area contributed by atoms with E-state index in [-0.39, 0.29) is 6.61 Å². The van der Waals surface area contributed by atoms with E-state index in [0.29, 0.717) is 11.7 Å². The molecule has 0 aliphatic rings. The maximum Gasteiger partial charge on any atom is 0.341 e. The number of hydrogen-bond acceptors (Lipinski definition) is 2. The Hall–Kier alpha value is -1.51. The average Bonchev–Trinajstić information content (AvgIpc) is 2.34. The molecular weight excluding hydrogens is 216 g/mol. The summed E-state index contributed by atoms with van der Waals surface area (Å²) in [6.07, 6.45) is 3.49. The molecule has 1 atom stereocenters. The Balaban J connectivity index is 2.62. The molecule has 3 nitrogen and oxygen atoms in total. The Bertz CT molecular complexity index is 343. The maximum atomic E-state index is 10.4. The molecule has 1 rings (SSSR count). The van der Waals surface area contributed by atoms with Crippen LogP contribution in [0.4, 0.5) is 0 Å². The first-order valence-corrected chi connectivity index (χ1v) is 6.11. The Morgan fingerprint density at radius 1 is 1.29 bits per heavy atom. The van der Waals surface area contributed by atoms with Gasteiger partial charge in [0, 0.05) is 0 Å². The largest absolute Gasteiger partial charge is 0.482 e. The molecule has 0 radical (unpaired) electrons. The molecule has 0 saturated carbocycles. The van der Waals surface area contributed by atoms with E-state index in [1.165, 1.54) is 18.4 Å². The Labute approximate surface area is 102 Å². The number of carbonyl (C=O) groups is 1. The van der Waals surface area contributed by atoms with E-state index in [2.05, 4.69) is 13.8 Å². The van der Waals surface area contributed by atoms with E-state index in [0.717, 1.165) is 6.42 Å². The van der Waals surface area contributed by atoms with Crippen molar-refractivity contribution in [3.63, 3.8) is 0 Å². The van der Waals surface area contributed by atoms with Crippen molar-refractivity contribution in [1.82, 2.24) is 0 Å². The normalized spacial score (nSPS) is 12.1.